The highest BCUT2D eigenvalue weighted by atomic mass is 16.3. The molecule has 104 valence electrons. The van der Waals surface area contributed by atoms with E-state index in [0.29, 0.717) is 6.42 Å². The van der Waals surface area contributed by atoms with E-state index in [1.807, 2.05) is 39.0 Å². The number of carbonyl (C=O) groups is 1. The van der Waals surface area contributed by atoms with Crippen molar-refractivity contribution in [1.29, 1.82) is 0 Å². The molecule has 0 saturated heterocycles. The highest BCUT2D eigenvalue weighted by Crippen LogP contribution is 2.32. The van der Waals surface area contributed by atoms with Crippen LogP contribution in [0.1, 0.15) is 39.8 Å². The maximum atomic E-state index is 11.4. The lowest BCUT2D eigenvalue weighted by Gasteiger charge is -2.14. The Labute approximate surface area is 118 Å². The Balaban J connectivity index is 2.01. The smallest absolute Gasteiger partial charge is 0.228 e. The number of hydrogen-bond acceptors (Lipinski definition) is 3. The minimum atomic E-state index is -0.228. The van der Waals surface area contributed by atoms with Gasteiger partial charge in [0.15, 0.2) is 0 Å². The molecule has 0 fully saturated rings. The number of carbonyl (C=O) groups excluding carboxylic acids is 1. The lowest BCUT2D eigenvalue weighted by Crippen LogP contribution is -2.13. The molecular weight excluding hydrogens is 252 g/mol. The average Bonchev–Trinajstić information content (AvgIpc) is 2.87. The van der Waals surface area contributed by atoms with Gasteiger partial charge in [-0.3, -0.25) is 4.79 Å². The van der Waals surface area contributed by atoms with Crippen molar-refractivity contribution in [2.45, 2.75) is 33.2 Å². The van der Waals surface area contributed by atoms with Crippen molar-refractivity contribution in [2.75, 3.05) is 5.32 Å². The molecule has 20 heavy (non-hydrogen) atoms. The van der Waals surface area contributed by atoms with Gasteiger partial charge in [0.25, 0.3) is 0 Å². The minimum absolute atomic E-state index is 0.0391. The molecule has 4 heteroatoms. The van der Waals surface area contributed by atoms with E-state index in [1.54, 1.807) is 0 Å². The van der Waals surface area contributed by atoms with Gasteiger partial charge in [-0.05, 0) is 43.5 Å². The summed E-state index contributed by atoms with van der Waals surface area (Å²) in [4.78, 5) is 11.4. The van der Waals surface area contributed by atoms with Gasteiger partial charge in [0.05, 0.1) is 12.5 Å². The molecule has 1 aliphatic rings. The molecule has 2 aromatic rings. The summed E-state index contributed by atoms with van der Waals surface area (Å²) in [6.07, 6.45) is 0.429. The maximum Gasteiger partial charge on any atom is 0.228 e. The third kappa shape index (κ3) is 1.93. The van der Waals surface area contributed by atoms with Gasteiger partial charge in [-0.25, -0.2) is 0 Å². The normalized spacial score (nSPS) is 15.1. The van der Waals surface area contributed by atoms with Gasteiger partial charge in [-0.2, -0.15) is 0 Å². The van der Waals surface area contributed by atoms with E-state index < -0.39 is 0 Å². The summed E-state index contributed by atoms with van der Waals surface area (Å²) in [5.41, 5.74) is 11.4. The lowest BCUT2D eigenvalue weighted by molar-refractivity contribution is -0.115. The Morgan fingerprint density at radius 2 is 2.00 bits per heavy atom. The summed E-state index contributed by atoms with van der Waals surface area (Å²) < 4.78 is 5.65. The van der Waals surface area contributed by atoms with Crippen LogP contribution in [0.5, 0.6) is 0 Å². The van der Waals surface area contributed by atoms with E-state index in [1.165, 1.54) is 0 Å². The van der Waals surface area contributed by atoms with Crippen LogP contribution in [-0.2, 0) is 11.2 Å². The second kappa shape index (κ2) is 4.49. The molecule has 0 bridgehead atoms. The Kier molecular flexibility index (Phi) is 2.91. The van der Waals surface area contributed by atoms with E-state index in [4.69, 9.17) is 10.2 Å². The van der Waals surface area contributed by atoms with Crippen LogP contribution in [0.2, 0.25) is 0 Å². The standard InChI is InChI=1S/C16H18N2O2/c1-8-9(2)20-10(3)15(8)16(17)11-4-5-13-12(6-11)7-14(19)18-13/h4-6,16H,7,17H2,1-3H3,(H,18,19). The molecule has 1 amide bonds. The summed E-state index contributed by atoms with van der Waals surface area (Å²) >= 11 is 0. The molecule has 1 unspecified atom stereocenters. The van der Waals surface area contributed by atoms with Crippen molar-refractivity contribution in [2.24, 2.45) is 5.73 Å². The molecule has 1 aliphatic heterocycles. The number of anilines is 1. The second-order valence-corrected chi connectivity index (χ2v) is 5.37. The third-order valence-electron chi connectivity index (χ3n) is 4.04. The van der Waals surface area contributed by atoms with Crippen molar-refractivity contribution in [1.82, 2.24) is 0 Å². The number of nitrogens with one attached hydrogen (secondary N) is 1. The van der Waals surface area contributed by atoms with E-state index in [0.717, 1.165) is 39.5 Å². The fourth-order valence-corrected chi connectivity index (χ4v) is 2.88. The summed E-state index contributed by atoms with van der Waals surface area (Å²) in [7, 11) is 0. The predicted octanol–water partition coefficient (Wildman–Crippen LogP) is 2.75. The van der Waals surface area contributed by atoms with Crippen LogP contribution in [0, 0.1) is 20.8 Å². The molecule has 3 N–H and O–H groups in total. The van der Waals surface area contributed by atoms with E-state index in [9.17, 15) is 4.79 Å². The first-order chi connectivity index (χ1) is 9.47. The summed E-state index contributed by atoms with van der Waals surface area (Å²) in [6.45, 7) is 5.91. The Morgan fingerprint density at radius 1 is 1.25 bits per heavy atom. The predicted molar refractivity (Wildman–Crippen MR) is 77.7 cm³/mol. The molecule has 1 atom stereocenters. The number of nitrogens with two attached hydrogens (primary N) is 1. The molecule has 0 aliphatic carbocycles. The first kappa shape index (κ1) is 12.9. The summed E-state index contributed by atoms with van der Waals surface area (Å²) in [6, 6.07) is 5.68. The second-order valence-electron chi connectivity index (χ2n) is 5.37. The van der Waals surface area contributed by atoms with Gasteiger partial charge in [0.1, 0.15) is 11.5 Å². The number of furan rings is 1. The number of amides is 1. The number of fused-ring (bicyclic) bond motifs is 1. The molecule has 1 aromatic carbocycles. The minimum Gasteiger partial charge on any atom is -0.466 e. The van der Waals surface area contributed by atoms with Gasteiger partial charge in [0.2, 0.25) is 5.91 Å². The van der Waals surface area contributed by atoms with Crippen molar-refractivity contribution >= 4 is 11.6 Å². The number of hydrogen-bond donors (Lipinski definition) is 2. The summed E-state index contributed by atoms with van der Waals surface area (Å²) in [5, 5.41) is 2.83. The lowest BCUT2D eigenvalue weighted by atomic mass is 9.94. The van der Waals surface area contributed by atoms with E-state index in [2.05, 4.69) is 5.32 Å². The largest absolute Gasteiger partial charge is 0.466 e. The zero-order chi connectivity index (χ0) is 14.4. The molecule has 0 spiro atoms. The van der Waals surface area contributed by atoms with E-state index in [-0.39, 0.29) is 11.9 Å². The van der Waals surface area contributed by atoms with Crippen LogP contribution in [0.15, 0.2) is 22.6 Å². The molecular formula is C16H18N2O2. The molecule has 2 heterocycles. The van der Waals surface area contributed by atoms with Crippen molar-refractivity contribution in [3.63, 3.8) is 0 Å². The highest BCUT2D eigenvalue weighted by molar-refractivity contribution is 5.99. The van der Waals surface area contributed by atoms with Crippen LogP contribution in [0.3, 0.4) is 0 Å². The maximum absolute atomic E-state index is 11.4. The highest BCUT2D eigenvalue weighted by Gasteiger charge is 2.22. The molecule has 4 nitrogen and oxygen atoms in total. The Morgan fingerprint density at radius 3 is 2.65 bits per heavy atom. The van der Waals surface area contributed by atoms with Gasteiger partial charge < -0.3 is 15.5 Å². The fraction of sp³-hybridized carbons (Fsp3) is 0.312. The topological polar surface area (TPSA) is 68.3 Å². The van der Waals surface area contributed by atoms with Crippen LogP contribution in [0.25, 0.3) is 0 Å². The van der Waals surface area contributed by atoms with Crippen LogP contribution in [0.4, 0.5) is 5.69 Å². The Bertz CT molecular complexity index is 701. The van der Waals surface area contributed by atoms with Gasteiger partial charge >= 0.3 is 0 Å². The van der Waals surface area contributed by atoms with Crippen LogP contribution >= 0.6 is 0 Å². The monoisotopic (exact) mass is 270 g/mol. The van der Waals surface area contributed by atoms with Gasteiger partial charge in [-0.1, -0.05) is 12.1 Å². The third-order valence-corrected chi connectivity index (χ3v) is 4.04. The van der Waals surface area contributed by atoms with Gasteiger partial charge in [-0.15, -0.1) is 0 Å². The Hall–Kier alpha value is -2.07. The van der Waals surface area contributed by atoms with Crippen LogP contribution in [-0.4, -0.2) is 5.91 Å². The molecule has 0 saturated carbocycles. The van der Waals surface area contributed by atoms with E-state index >= 15 is 0 Å². The first-order valence-electron chi connectivity index (χ1n) is 6.72. The molecule has 0 radical (unpaired) electrons. The SMILES string of the molecule is Cc1oc(C)c(C(N)c2ccc3c(c2)CC(=O)N3)c1C. The zero-order valence-corrected chi connectivity index (χ0v) is 11.9. The van der Waals surface area contributed by atoms with Crippen molar-refractivity contribution < 1.29 is 9.21 Å². The van der Waals surface area contributed by atoms with Crippen molar-refractivity contribution in [3.8, 4) is 0 Å². The number of benzene rings is 1. The summed E-state index contributed by atoms with van der Waals surface area (Å²) in [5.74, 6) is 1.81. The fourth-order valence-electron chi connectivity index (χ4n) is 2.88. The molecule has 3 rings (SSSR count). The van der Waals surface area contributed by atoms with Crippen molar-refractivity contribution in [3.05, 3.63) is 52.0 Å². The molecule has 1 aromatic heterocycles. The first-order valence-corrected chi connectivity index (χ1v) is 6.72. The average molecular weight is 270 g/mol. The number of aryl methyl sites for hydroxylation is 2. The van der Waals surface area contributed by atoms with Gasteiger partial charge in [0, 0.05) is 11.3 Å². The van der Waals surface area contributed by atoms with Crippen LogP contribution < -0.4 is 11.1 Å². The quantitative estimate of drug-likeness (QED) is 0.881. The number of rotatable bonds is 2. The zero-order valence-electron chi connectivity index (χ0n) is 11.9.